The number of ketones is 1. The summed E-state index contributed by atoms with van der Waals surface area (Å²) >= 11 is 0. The molecule has 0 radical (unpaired) electrons. The second kappa shape index (κ2) is 11.8. The van der Waals surface area contributed by atoms with Crippen LogP contribution in [0.3, 0.4) is 0 Å². The molecule has 0 aromatic heterocycles. The summed E-state index contributed by atoms with van der Waals surface area (Å²) in [5, 5.41) is 11.3. The predicted molar refractivity (Wildman–Crippen MR) is 138 cm³/mol. The molecule has 1 N–H and O–H groups in total. The average molecular weight is 529 g/mol. The van der Waals surface area contributed by atoms with Gasteiger partial charge in [0.1, 0.15) is 5.76 Å². The highest BCUT2D eigenvalue weighted by atomic mass is 19.1. The summed E-state index contributed by atoms with van der Waals surface area (Å²) in [5.74, 6) is -2.03. The van der Waals surface area contributed by atoms with Gasteiger partial charge in [0.2, 0.25) is 0 Å². The Bertz CT molecular complexity index is 1220. The maximum Gasteiger partial charge on any atom is 0.295 e. The van der Waals surface area contributed by atoms with E-state index in [-0.39, 0.29) is 29.5 Å². The molecular formula is C28H33FN2O7. The zero-order chi connectivity index (χ0) is 27.4. The fraction of sp³-hybridized carbons (Fsp3) is 0.429. The van der Waals surface area contributed by atoms with Crippen LogP contribution in [0.1, 0.15) is 31.0 Å². The fourth-order valence-electron chi connectivity index (χ4n) is 4.79. The number of Topliss-reactive ketones (excluding diaryl/α,β-unsaturated/α-hetero) is 1. The topological polar surface area (TPSA) is 97.8 Å². The fourth-order valence-corrected chi connectivity index (χ4v) is 4.79. The number of halogens is 1. The lowest BCUT2D eigenvalue weighted by Gasteiger charge is -2.31. The lowest BCUT2D eigenvalue weighted by Crippen LogP contribution is -2.42. The molecule has 2 heterocycles. The zero-order valence-corrected chi connectivity index (χ0v) is 22.0. The van der Waals surface area contributed by atoms with E-state index in [1.807, 2.05) is 0 Å². The van der Waals surface area contributed by atoms with Crippen molar-refractivity contribution in [2.75, 3.05) is 53.6 Å². The number of nitrogens with zero attached hydrogens (tertiary/aromatic N) is 2. The van der Waals surface area contributed by atoms with Crippen molar-refractivity contribution in [3.63, 3.8) is 0 Å². The maximum absolute atomic E-state index is 14.8. The molecule has 0 bridgehead atoms. The molecule has 1 atom stereocenters. The van der Waals surface area contributed by atoms with Gasteiger partial charge in [0, 0.05) is 37.3 Å². The van der Waals surface area contributed by atoms with E-state index in [2.05, 4.69) is 4.90 Å². The highest BCUT2D eigenvalue weighted by Gasteiger charge is 2.47. The summed E-state index contributed by atoms with van der Waals surface area (Å²) in [6.45, 7) is 6.88. The van der Waals surface area contributed by atoms with Crippen LogP contribution >= 0.6 is 0 Å². The molecule has 1 amide bonds. The summed E-state index contributed by atoms with van der Waals surface area (Å²) < 4.78 is 36.7. The summed E-state index contributed by atoms with van der Waals surface area (Å²) in [7, 11) is 2.95. The molecule has 2 aliphatic rings. The molecule has 10 heteroatoms. The first-order chi connectivity index (χ1) is 18.3. The number of benzene rings is 2. The maximum atomic E-state index is 14.8. The highest BCUT2D eigenvalue weighted by Crippen LogP contribution is 2.45. The third-order valence-corrected chi connectivity index (χ3v) is 6.60. The standard InChI is InChI=1S/C28H33FN2O7/c1-17(2)38-21-9-8-18(16-20(21)29)25(32)23-24(19-6-5-7-22(35-3)27(19)36-4)31(28(34)26(23)33)11-10-30-12-14-37-15-13-30/h5-9,16-17,24,32H,10-15H2,1-4H3/b25-23+/t24-/m0/s1. The first-order valence-corrected chi connectivity index (χ1v) is 12.5. The van der Waals surface area contributed by atoms with E-state index in [1.54, 1.807) is 32.0 Å². The largest absolute Gasteiger partial charge is 0.507 e. The molecule has 0 saturated carbocycles. The van der Waals surface area contributed by atoms with E-state index < -0.39 is 29.3 Å². The number of para-hydroxylation sites is 1. The smallest absolute Gasteiger partial charge is 0.295 e. The van der Waals surface area contributed by atoms with Crippen molar-refractivity contribution in [1.82, 2.24) is 9.80 Å². The lowest BCUT2D eigenvalue weighted by atomic mass is 9.94. The van der Waals surface area contributed by atoms with Gasteiger partial charge in [-0.25, -0.2) is 4.39 Å². The van der Waals surface area contributed by atoms with Gasteiger partial charge in [0.05, 0.1) is 45.2 Å². The Morgan fingerprint density at radius 2 is 1.82 bits per heavy atom. The van der Waals surface area contributed by atoms with Crippen LogP contribution in [0.2, 0.25) is 0 Å². The van der Waals surface area contributed by atoms with Gasteiger partial charge < -0.3 is 29.0 Å². The zero-order valence-electron chi connectivity index (χ0n) is 22.0. The molecule has 2 aromatic carbocycles. The van der Waals surface area contributed by atoms with Crippen LogP contribution in [0.15, 0.2) is 42.0 Å². The van der Waals surface area contributed by atoms with Gasteiger partial charge >= 0.3 is 0 Å². The first-order valence-electron chi connectivity index (χ1n) is 12.5. The van der Waals surface area contributed by atoms with Crippen molar-refractivity contribution >= 4 is 17.4 Å². The summed E-state index contributed by atoms with van der Waals surface area (Å²) in [6.07, 6.45) is -0.249. The van der Waals surface area contributed by atoms with E-state index >= 15 is 0 Å². The van der Waals surface area contributed by atoms with Crippen LogP contribution < -0.4 is 14.2 Å². The van der Waals surface area contributed by atoms with Gasteiger partial charge in [-0.15, -0.1) is 0 Å². The van der Waals surface area contributed by atoms with Gasteiger partial charge in [-0.05, 0) is 38.1 Å². The highest BCUT2D eigenvalue weighted by molar-refractivity contribution is 6.46. The van der Waals surface area contributed by atoms with E-state index in [0.717, 1.165) is 6.07 Å². The summed E-state index contributed by atoms with van der Waals surface area (Å²) in [5.41, 5.74) is 0.368. The van der Waals surface area contributed by atoms with Crippen molar-refractivity contribution in [2.24, 2.45) is 0 Å². The minimum absolute atomic E-state index is 0.0218. The van der Waals surface area contributed by atoms with E-state index in [9.17, 15) is 19.1 Å². The average Bonchev–Trinajstić information content (AvgIpc) is 3.17. The number of methoxy groups -OCH3 is 2. The number of aliphatic hydroxyl groups excluding tert-OH is 1. The Kier molecular flexibility index (Phi) is 8.53. The minimum atomic E-state index is -0.976. The number of hydrogen-bond donors (Lipinski definition) is 1. The molecule has 38 heavy (non-hydrogen) atoms. The third-order valence-electron chi connectivity index (χ3n) is 6.60. The van der Waals surface area contributed by atoms with Crippen molar-refractivity contribution in [3.8, 4) is 17.2 Å². The normalized spacial score (nSPS) is 19.7. The third kappa shape index (κ3) is 5.46. The number of likely N-dealkylation sites (tertiary alicyclic amines) is 1. The van der Waals surface area contributed by atoms with Gasteiger partial charge in [0.15, 0.2) is 23.1 Å². The number of morpholine rings is 1. The molecule has 9 nitrogen and oxygen atoms in total. The molecule has 0 unspecified atom stereocenters. The van der Waals surface area contributed by atoms with E-state index in [1.165, 1.54) is 31.3 Å². The summed E-state index contributed by atoms with van der Waals surface area (Å²) in [4.78, 5) is 30.3. The Balaban J connectivity index is 1.81. The van der Waals surface area contributed by atoms with Crippen molar-refractivity contribution in [2.45, 2.75) is 26.0 Å². The Hall–Kier alpha value is -3.63. The molecule has 2 aromatic rings. The van der Waals surface area contributed by atoms with Crippen molar-refractivity contribution in [1.29, 1.82) is 0 Å². The number of rotatable bonds is 9. The molecule has 0 spiro atoms. The quantitative estimate of drug-likeness (QED) is 0.301. The monoisotopic (exact) mass is 528 g/mol. The molecule has 2 aliphatic heterocycles. The van der Waals surface area contributed by atoms with Crippen LogP contribution in [-0.4, -0.2) is 86.3 Å². The van der Waals surface area contributed by atoms with E-state index in [0.29, 0.717) is 49.9 Å². The first kappa shape index (κ1) is 27.4. The van der Waals surface area contributed by atoms with Crippen LogP contribution in [0, 0.1) is 5.82 Å². The Labute approximate surface area is 221 Å². The van der Waals surface area contributed by atoms with Crippen molar-refractivity contribution < 1.29 is 38.0 Å². The molecular weight excluding hydrogens is 495 g/mol. The summed E-state index contributed by atoms with van der Waals surface area (Å²) in [6, 6.07) is 8.09. The minimum Gasteiger partial charge on any atom is -0.507 e. The second-order valence-electron chi connectivity index (χ2n) is 9.34. The number of amides is 1. The van der Waals surface area contributed by atoms with E-state index in [4.69, 9.17) is 18.9 Å². The molecule has 2 fully saturated rings. The molecule has 4 rings (SSSR count). The van der Waals surface area contributed by atoms with Crippen LogP contribution in [0.5, 0.6) is 17.2 Å². The Morgan fingerprint density at radius 1 is 1.08 bits per heavy atom. The predicted octanol–water partition coefficient (Wildman–Crippen LogP) is 3.38. The van der Waals surface area contributed by atoms with Crippen LogP contribution in [-0.2, 0) is 14.3 Å². The van der Waals surface area contributed by atoms with Crippen LogP contribution in [0.4, 0.5) is 4.39 Å². The number of carbonyl (C=O) groups excluding carboxylic acids is 2. The van der Waals surface area contributed by atoms with Crippen LogP contribution in [0.25, 0.3) is 5.76 Å². The number of aliphatic hydroxyl groups is 1. The molecule has 0 aliphatic carbocycles. The lowest BCUT2D eigenvalue weighted by molar-refractivity contribution is -0.140. The number of carbonyl (C=O) groups is 2. The van der Waals surface area contributed by atoms with Gasteiger partial charge in [-0.2, -0.15) is 0 Å². The molecule has 2 saturated heterocycles. The number of hydrogen-bond acceptors (Lipinski definition) is 8. The van der Waals surface area contributed by atoms with Crippen molar-refractivity contribution in [3.05, 3.63) is 58.9 Å². The van der Waals surface area contributed by atoms with Gasteiger partial charge in [0.25, 0.3) is 11.7 Å². The molecule has 204 valence electrons. The Morgan fingerprint density at radius 3 is 2.45 bits per heavy atom. The second-order valence-corrected chi connectivity index (χ2v) is 9.34. The van der Waals surface area contributed by atoms with Gasteiger partial charge in [-0.3, -0.25) is 14.5 Å². The van der Waals surface area contributed by atoms with Gasteiger partial charge in [-0.1, -0.05) is 12.1 Å². The SMILES string of the molecule is COc1cccc([C@H]2/C(=C(\O)c3ccc(OC(C)C)c(F)c3)C(=O)C(=O)N2CCN2CCOCC2)c1OC. The number of ether oxygens (including phenoxy) is 4.